The average molecular weight is 363 g/mol. The normalized spacial score (nSPS) is 11.5. The van der Waals surface area contributed by atoms with Crippen LogP contribution in [0.3, 0.4) is 0 Å². The Kier molecular flexibility index (Phi) is 6.80. The fourth-order valence-electron chi connectivity index (χ4n) is 2.17. The van der Waals surface area contributed by atoms with Crippen LogP contribution in [0.25, 0.3) is 0 Å². The highest BCUT2D eigenvalue weighted by Crippen LogP contribution is 2.21. The molecule has 1 unspecified atom stereocenters. The summed E-state index contributed by atoms with van der Waals surface area (Å²) in [4.78, 5) is 24.0. The zero-order valence-corrected chi connectivity index (χ0v) is 14.7. The molecule has 0 aromatic heterocycles. The minimum absolute atomic E-state index is 0.244. The summed E-state index contributed by atoms with van der Waals surface area (Å²) in [7, 11) is 1.42. The predicted molar refractivity (Wildman–Crippen MR) is 94.2 cm³/mol. The van der Waals surface area contributed by atoms with Crippen LogP contribution < -0.4 is 15.6 Å². The van der Waals surface area contributed by atoms with E-state index in [0.29, 0.717) is 16.3 Å². The van der Waals surface area contributed by atoms with Crippen molar-refractivity contribution in [3.05, 3.63) is 64.7 Å². The lowest BCUT2D eigenvalue weighted by atomic mass is 10.1. The van der Waals surface area contributed by atoms with Gasteiger partial charge in [-0.2, -0.15) is 0 Å². The van der Waals surface area contributed by atoms with E-state index in [2.05, 4.69) is 10.9 Å². The first-order chi connectivity index (χ1) is 12.0. The van der Waals surface area contributed by atoms with Crippen LogP contribution in [-0.2, 0) is 14.3 Å². The molecule has 132 valence electrons. The maximum absolute atomic E-state index is 12.1. The molecule has 0 aliphatic carbocycles. The molecule has 0 fully saturated rings. The maximum Gasteiger partial charge on any atom is 0.276 e. The molecule has 2 N–H and O–H groups in total. The van der Waals surface area contributed by atoms with Crippen LogP contribution >= 0.6 is 11.6 Å². The van der Waals surface area contributed by atoms with E-state index in [1.165, 1.54) is 7.11 Å². The molecule has 0 bridgehead atoms. The molecule has 25 heavy (non-hydrogen) atoms. The highest BCUT2D eigenvalue weighted by Gasteiger charge is 2.20. The van der Waals surface area contributed by atoms with Gasteiger partial charge in [0.2, 0.25) is 0 Å². The molecule has 0 aliphatic heterocycles. The first-order valence-corrected chi connectivity index (χ1v) is 7.94. The van der Waals surface area contributed by atoms with Gasteiger partial charge in [0.05, 0.1) is 0 Å². The molecule has 0 spiro atoms. The van der Waals surface area contributed by atoms with Crippen LogP contribution in [-0.4, -0.2) is 25.5 Å². The van der Waals surface area contributed by atoms with Crippen molar-refractivity contribution in [2.75, 3.05) is 13.7 Å². The number of hydrogen-bond acceptors (Lipinski definition) is 4. The molecule has 6 nitrogen and oxygen atoms in total. The molecule has 1 atom stereocenters. The lowest BCUT2D eigenvalue weighted by molar-refractivity contribution is -0.136. The number of hydrogen-bond donors (Lipinski definition) is 2. The molecule has 0 heterocycles. The van der Waals surface area contributed by atoms with Crippen molar-refractivity contribution in [1.82, 2.24) is 10.9 Å². The van der Waals surface area contributed by atoms with Crippen molar-refractivity contribution < 1.29 is 19.1 Å². The Morgan fingerprint density at radius 2 is 1.84 bits per heavy atom. The van der Waals surface area contributed by atoms with Crippen molar-refractivity contribution in [3.63, 3.8) is 0 Å². The van der Waals surface area contributed by atoms with E-state index < -0.39 is 17.9 Å². The van der Waals surface area contributed by atoms with Crippen LogP contribution in [0.1, 0.15) is 17.2 Å². The smallest absolute Gasteiger partial charge is 0.276 e. The number of methoxy groups -OCH3 is 1. The lowest BCUT2D eigenvalue weighted by Gasteiger charge is -2.16. The first-order valence-electron chi connectivity index (χ1n) is 7.56. The van der Waals surface area contributed by atoms with E-state index in [9.17, 15) is 9.59 Å². The fraction of sp³-hybridized carbons (Fsp3) is 0.222. The van der Waals surface area contributed by atoms with E-state index in [1.807, 2.05) is 13.0 Å². The number of carbonyl (C=O) groups is 2. The quantitative estimate of drug-likeness (QED) is 0.774. The number of benzene rings is 2. The van der Waals surface area contributed by atoms with Crippen LogP contribution in [0.2, 0.25) is 5.02 Å². The molecule has 2 aromatic rings. The van der Waals surface area contributed by atoms with E-state index in [1.54, 1.807) is 42.5 Å². The molecule has 0 aliphatic rings. The van der Waals surface area contributed by atoms with Gasteiger partial charge in [-0.15, -0.1) is 0 Å². The van der Waals surface area contributed by atoms with Gasteiger partial charge in [0.15, 0.2) is 12.7 Å². The monoisotopic (exact) mass is 362 g/mol. The number of carbonyl (C=O) groups excluding carboxylic acids is 2. The van der Waals surface area contributed by atoms with Crippen molar-refractivity contribution >= 4 is 23.4 Å². The predicted octanol–water partition coefficient (Wildman–Crippen LogP) is 2.56. The summed E-state index contributed by atoms with van der Waals surface area (Å²) in [5.74, 6) is -0.430. The number of nitrogens with one attached hydrogen (secondary N) is 2. The summed E-state index contributed by atoms with van der Waals surface area (Å²) in [5, 5.41) is 0.591. The van der Waals surface area contributed by atoms with Gasteiger partial charge in [-0.05, 0) is 36.2 Å². The lowest BCUT2D eigenvalue weighted by Crippen LogP contribution is -2.46. The van der Waals surface area contributed by atoms with Crippen LogP contribution in [0.15, 0.2) is 48.5 Å². The minimum Gasteiger partial charge on any atom is -0.483 e. The highest BCUT2D eigenvalue weighted by atomic mass is 35.5. The van der Waals surface area contributed by atoms with Gasteiger partial charge in [0.25, 0.3) is 11.8 Å². The standard InChI is InChI=1S/C18H19ClN2O4/c1-12-10-14(19)8-9-15(12)25-11-16(22)20-21-18(23)17(24-2)13-6-4-3-5-7-13/h3-10,17H,11H2,1-2H3,(H,20,22)(H,21,23). The second-order valence-electron chi connectivity index (χ2n) is 5.26. The SMILES string of the molecule is COC(C(=O)NNC(=O)COc1ccc(Cl)cc1C)c1ccccc1. The van der Waals surface area contributed by atoms with Crippen molar-refractivity contribution in [2.45, 2.75) is 13.0 Å². The van der Waals surface area contributed by atoms with Gasteiger partial charge in [-0.3, -0.25) is 20.4 Å². The van der Waals surface area contributed by atoms with Gasteiger partial charge in [-0.1, -0.05) is 41.9 Å². The summed E-state index contributed by atoms with van der Waals surface area (Å²) in [6.45, 7) is 1.58. The Morgan fingerprint density at radius 3 is 2.48 bits per heavy atom. The molecule has 2 rings (SSSR count). The largest absolute Gasteiger partial charge is 0.483 e. The molecule has 0 saturated heterocycles. The Labute approximate surface area is 151 Å². The van der Waals surface area contributed by atoms with E-state index >= 15 is 0 Å². The number of amides is 2. The van der Waals surface area contributed by atoms with Gasteiger partial charge in [0, 0.05) is 12.1 Å². The Morgan fingerprint density at radius 1 is 1.12 bits per heavy atom. The van der Waals surface area contributed by atoms with Gasteiger partial charge in [-0.25, -0.2) is 0 Å². The molecular weight excluding hydrogens is 344 g/mol. The Bertz CT molecular complexity index is 737. The van der Waals surface area contributed by atoms with Crippen molar-refractivity contribution in [3.8, 4) is 5.75 Å². The molecule has 7 heteroatoms. The third kappa shape index (κ3) is 5.48. The van der Waals surface area contributed by atoms with E-state index in [-0.39, 0.29) is 6.61 Å². The molecule has 0 radical (unpaired) electrons. The van der Waals surface area contributed by atoms with Gasteiger partial charge >= 0.3 is 0 Å². The van der Waals surface area contributed by atoms with Crippen LogP contribution in [0.5, 0.6) is 5.75 Å². The zero-order valence-electron chi connectivity index (χ0n) is 13.9. The second kappa shape index (κ2) is 9.05. The number of rotatable bonds is 6. The summed E-state index contributed by atoms with van der Waals surface area (Å²) in [5.41, 5.74) is 6.12. The second-order valence-corrected chi connectivity index (χ2v) is 5.70. The zero-order chi connectivity index (χ0) is 18.2. The Hall–Kier alpha value is -2.57. The summed E-state index contributed by atoms with van der Waals surface area (Å²) < 4.78 is 10.6. The average Bonchev–Trinajstić information content (AvgIpc) is 2.61. The number of aryl methyl sites for hydroxylation is 1. The maximum atomic E-state index is 12.1. The van der Waals surface area contributed by atoms with Crippen LogP contribution in [0.4, 0.5) is 0 Å². The van der Waals surface area contributed by atoms with Crippen molar-refractivity contribution in [1.29, 1.82) is 0 Å². The molecule has 2 aromatic carbocycles. The first kappa shape index (κ1) is 18.8. The molecule has 2 amide bonds. The van der Waals surface area contributed by atoms with E-state index in [4.69, 9.17) is 21.1 Å². The van der Waals surface area contributed by atoms with E-state index in [0.717, 1.165) is 5.56 Å². The minimum atomic E-state index is -0.819. The number of ether oxygens (including phenoxy) is 2. The Balaban J connectivity index is 1.83. The third-order valence-corrected chi connectivity index (χ3v) is 3.63. The summed E-state index contributed by atoms with van der Waals surface area (Å²) >= 11 is 5.86. The van der Waals surface area contributed by atoms with Gasteiger partial charge in [0.1, 0.15) is 5.75 Å². The molecule has 0 saturated carbocycles. The third-order valence-electron chi connectivity index (χ3n) is 3.40. The van der Waals surface area contributed by atoms with Gasteiger partial charge < -0.3 is 9.47 Å². The number of halogens is 1. The van der Waals surface area contributed by atoms with Crippen LogP contribution in [0, 0.1) is 6.92 Å². The topological polar surface area (TPSA) is 76.7 Å². The number of hydrazine groups is 1. The van der Waals surface area contributed by atoms with Crippen molar-refractivity contribution in [2.24, 2.45) is 0 Å². The fourth-order valence-corrected chi connectivity index (χ4v) is 2.40. The molecular formula is C18H19ClN2O4. The summed E-state index contributed by atoms with van der Waals surface area (Å²) in [6.07, 6.45) is -0.819. The summed E-state index contributed by atoms with van der Waals surface area (Å²) in [6, 6.07) is 14.1. The highest BCUT2D eigenvalue weighted by molar-refractivity contribution is 6.30.